The third kappa shape index (κ3) is 2.72. The van der Waals surface area contributed by atoms with Gasteiger partial charge < -0.3 is 19.2 Å². The number of nitrogens with one attached hydrogen (secondary N) is 2. The van der Waals surface area contributed by atoms with Gasteiger partial charge in [0.25, 0.3) is 0 Å². The van der Waals surface area contributed by atoms with Crippen molar-refractivity contribution in [3.05, 3.63) is 24.8 Å². The van der Waals surface area contributed by atoms with Crippen LogP contribution in [0, 0.1) is 11.8 Å². The molecule has 30 heavy (non-hydrogen) atoms. The number of likely N-dealkylation sites (tertiary alicyclic amines) is 1. The van der Waals surface area contributed by atoms with Crippen LogP contribution in [0.25, 0.3) is 22.1 Å². The minimum absolute atomic E-state index is 0.118. The number of rotatable bonds is 3. The fourth-order valence-corrected chi connectivity index (χ4v) is 5.52. The number of fused-ring (bicyclic) bond motifs is 4. The van der Waals surface area contributed by atoms with Crippen molar-refractivity contribution in [1.82, 2.24) is 33.8 Å². The van der Waals surface area contributed by atoms with E-state index >= 15 is 0 Å². The van der Waals surface area contributed by atoms with Gasteiger partial charge in [0.05, 0.1) is 25.2 Å². The number of hydrogen-bond donors (Lipinski definition) is 2. The Morgan fingerprint density at radius 3 is 2.90 bits per heavy atom. The molecule has 4 aromatic heterocycles. The number of ether oxygens (including phenoxy) is 1. The third-order valence-electron chi connectivity index (χ3n) is 6.33. The molecule has 3 atom stereocenters. The molecule has 10 nitrogen and oxygen atoms in total. The molecule has 0 aromatic carbocycles. The van der Waals surface area contributed by atoms with Gasteiger partial charge in [-0.25, -0.2) is 14.8 Å². The molecule has 1 saturated carbocycles. The number of urea groups is 1. The number of anilines is 1. The Balaban J connectivity index is 1.17. The minimum atomic E-state index is -0.118. The summed E-state index contributed by atoms with van der Waals surface area (Å²) >= 11 is 1.12. The van der Waals surface area contributed by atoms with Crippen molar-refractivity contribution in [2.45, 2.75) is 18.9 Å². The number of amides is 2. The van der Waals surface area contributed by atoms with E-state index in [1.807, 2.05) is 23.6 Å². The van der Waals surface area contributed by atoms with E-state index in [2.05, 4.69) is 40.3 Å². The van der Waals surface area contributed by atoms with Crippen molar-refractivity contribution in [1.29, 1.82) is 0 Å². The normalized spacial score (nSPS) is 23.4. The smallest absolute Gasteiger partial charge is 0.329 e. The number of imidazole rings is 1. The maximum absolute atomic E-state index is 12.6. The predicted octanol–water partition coefficient (Wildman–Crippen LogP) is 2.89. The van der Waals surface area contributed by atoms with Crippen LogP contribution in [0.1, 0.15) is 18.9 Å². The second-order valence-corrected chi connectivity index (χ2v) is 8.70. The first-order valence-corrected chi connectivity index (χ1v) is 10.7. The van der Waals surface area contributed by atoms with Crippen LogP contribution in [0.4, 0.5) is 9.93 Å². The highest BCUT2D eigenvalue weighted by molar-refractivity contribution is 7.10. The monoisotopic (exact) mass is 424 g/mol. The van der Waals surface area contributed by atoms with Crippen molar-refractivity contribution in [2.75, 3.05) is 25.5 Å². The second-order valence-electron chi connectivity index (χ2n) is 7.95. The molecule has 2 aliphatic rings. The van der Waals surface area contributed by atoms with E-state index < -0.39 is 0 Å². The largest absolute Gasteiger partial charge is 0.466 e. The number of methoxy groups -OCH3 is 1. The Morgan fingerprint density at radius 1 is 1.30 bits per heavy atom. The summed E-state index contributed by atoms with van der Waals surface area (Å²) in [5.74, 6) is 0.983. The van der Waals surface area contributed by atoms with Gasteiger partial charge in [0.15, 0.2) is 0 Å². The molecule has 154 valence electrons. The number of hydrogen-bond acceptors (Lipinski definition) is 7. The summed E-state index contributed by atoms with van der Waals surface area (Å²) < 4.78 is 11.3. The molecule has 2 N–H and O–H groups in total. The van der Waals surface area contributed by atoms with Gasteiger partial charge in [-0.1, -0.05) is 0 Å². The molecule has 4 aromatic rings. The predicted molar refractivity (Wildman–Crippen MR) is 112 cm³/mol. The van der Waals surface area contributed by atoms with Crippen molar-refractivity contribution in [3.8, 4) is 6.01 Å². The van der Waals surface area contributed by atoms with Crippen molar-refractivity contribution < 1.29 is 9.53 Å². The molecule has 0 bridgehead atoms. The Hall–Kier alpha value is -3.21. The van der Waals surface area contributed by atoms with Crippen LogP contribution in [-0.4, -0.2) is 60.0 Å². The quantitative estimate of drug-likeness (QED) is 0.523. The lowest BCUT2D eigenvalue weighted by molar-refractivity contribution is 0.217. The summed E-state index contributed by atoms with van der Waals surface area (Å²) in [5, 5.41) is 4.40. The van der Waals surface area contributed by atoms with Crippen LogP contribution in [0.2, 0.25) is 0 Å². The zero-order chi connectivity index (χ0) is 20.2. The summed E-state index contributed by atoms with van der Waals surface area (Å²) in [5.41, 5.74) is 2.96. The van der Waals surface area contributed by atoms with Gasteiger partial charge in [0.1, 0.15) is 11.2 Å². The van der Waals surface area contributed by atoms with Gasteiger partial charge in [0.2, 0.25) is 5.13 Å². The lowest BCUT2D eigenvalue weighted by atomic mass is 10.0. The van der Waals surface area contributed by atoms with Crippen LogP contribution in [-0.2, 0) is 0 Å². The second kappa shape index (κ2) is 6.66. The van der Waals surface area contributed by atoms with E-state index in [4.69, 9.17) is 4.74 Å². The summed E-state index contributed by atoms with van der Waals surface area (Å²) in [4.78, 5) is 30.8. The third-order valence-corrected chi connectivity index (χ3v) is 6.94. The summed E-state index contributed by atoms with van der Waals surface area (Å²) in [7, 11) is 1.51. The molecular weight excluding hydrogens is 404 g/mol. The van der Waals surface area contributed by atoms with Gasteiger partial charge >= 0.3 is 12.0 Å². The number of aromatic amines is 1. The summed E-state index contributed by atoms with van der Waals surface area (Å²) in [6.45, 7) is 1.52. The molecule has 2 fully saturated rings. The Bertz CT molecular complexity index is 1230. The maximum Gasteiger partial charge on any atom is 0.329 e. The standard InChI is InChI=1S/C19H20N8O2S/c1-29-17-23-18(30-25-17)24-19(28)26-7-10-4-12(5-11(10)8-26)27-9-22-14-6-21-16-13(15(14)27)2-3-20-16/h2-3,6,9-12H,4-5,7-8H2,1H3,(H,20,21)(H,23,24,25,28)/t10-,11+,12+. The molecule has 5 heterocycles. The zero-order valence-corrected chi connectivity index (χ0v) is 17.1. The Labute approximate surface area is 175 Å². The van der Waals surface area contributed by atoms with Crippen LogP contribution in [0.3, 0.4) is 0 Å². The van der Waals surface area contributed by atoms with Gasteiger partial charge in [0, 0.05) is 42.2 Å². The summed E-state index contributed by atoms with van der Waals surface area (Å²) in [6, 6.07) is 2.61. The molecule has 0 unspecified atom stereocenters. The highest BCUT2D eigenvalue weighted by Crippen LogP contribution is 2.45. The lowest BCUT2D eigenvalue weighted by Crippen LogP contribution is -2.34. The number of carbonyl (C=O) groups is 1. The molecule has 6 rings (SSSR count). The van der Waals surface area contributed by atoms with E-state index in [1.165, 1.54) is 7.11 Å². The molecule has 1 saturated heterocycles. The number of H-pyrrole nitrogens is 1. The first kappa shape index (κ1) is 17.6. The van der Waals surface area contributed by atoms with Crippen LogP contribution in [0.15, 0.2) is 24.8 Å². The lowest BCUT2D eigenvalue weighted by Gasteiger charge is -2.20. The zero-order valence-electron chi connectivity index (χ0n) is 16.3. The molecule has 1 aliphatic heterocycles. The molecular formula is C19H20N8O2S. The molecule has 0 spiro atoms. The highest BCUT2D eigenvalue weighted by Gasteiger charge is 2.43. The van der Waals surface area contributed by atoms with E-state index in [0.29, 0.717) is 23.0 Å². The molecule has 0 radical (unpaired) electrons. The first-order valence-electron chi connectivity index (χ1n) is 9.92. The maximum atomic E-state index is 12.6. The topological polar surface area (TPSA) is 114 Å². The average Bonchev–Trinajstić information content (AvgIpc) is 3.53. The van der Waals surface area contributed by atoms with Gasteiger partial charge in [-0.15, -0.1) is 4.37 Å². The first-order chi connectivity index (χ1) is 14.7. The van der Waals surface area contributed by atoms with Crippen LogP contribution >= 0.6 is 11.5 Å². The summed E-state index contributed by atoms with van der Waals surface area (Å²) in [6.07, 6.45) is 7.77. The number of pyridine rings is 1. The highest BCUT2D eigenvalue weighted by atomic mass is 32.1. The molecule has 2 amide bonds. The van der Waals surface area contributed by atoms with Crippen molar-refractivity contribution >= 4 is 44.8 Å². The van der Waals surface area contributed by atoms with E-state index in [1.54, 1.807) is 0 Å². The number of aromatic nitrogens is 6. The van der Waals surface area contributed by atoms with Gasteiger partial charge in [-0.05, 0) is 30.7 Å². The Kier molecular flexibility index (Phi) is 3.91. The van der Waals surface area contributed by atoms with Gasteiger partial charge in [-0.3, -0.25) is 5.32 Å². The Morgan fingerprint density at radius 2 is 2.13 bits per heavy atom. The molecule has 11 heteroatoms. The average molecular weight is 424 g/mol. The van der Waals surface area contributed by atoms with E-state index in [9.17, 15) is 4.79 Å². The van der Waals surface area contributed by atoms with Crippen LogP contribution < -0.4 is 10.1 Å². The SMILES string of the molecule is COc1nsc(NC(=O)N2C[C@H]3C[C@H](n4cnc5cnc6[nH]ccc6c54)C[C@H]3C2)n1. The molecule has 1 aliphatic carbocycles. The van der Waals surface area contributed by atoms with Crippen molar-refractivity contribution in [3.63, 3.8) is 0 Å². The fraction of sp³-hybridized carbons (Fsp3) is 0.421. The van der Waals surface area contributed by atoms with E-state index in [-0.39, 0.29) is 12.0 Å². The van der Waals surface area contributed by atoms with Crippen molar-refractivity contribution in [2.24, 2.45) is 11.8 Å². The minimum Gasteiger partial charge on any atom is -0.466 e. The number of carbonyl (C=O) groups excluding carboxylic acids is 1. The fourth-order valence-electron chi connectivity index (χ4n) is 4.98. The van der Waals surface area contributed by atoms with Gasteiger partial charge in [-0.2, -0.15) is 4.98 Å². The number of nitrogens with zero attached hydrogens (tertiary/aromatic N) is 6. The van der Waals surface area contributed by atoms with E-state index in [0.717, 1.165) is 59.5 Å². The van der Waals surface area contributed by atoms with Crippen LogP contribution in [0.5, 0.6) is 6.01 Å².